The van der Waals surface area contributed by atoms with E-state index < -0.39 is 0 Å². The fourth-order valence-corrected chi connectivity index (χ4v) is 2.10. The number of aliphatic imine (C=N–C) groups is 1. The number of hydrogen-bond donors (Lipinski definition) is 2. The first-order valence-electron chi connectivity index (χ1n) is 7.97. The van der Waals surface area contributed by atoms with Crippen LogP contribution in [0.15, 0.2) is 23.2 Å². The van der Waals surface area contributed by atoms with Gasteiger partial charge in [-0.3, -0.25) is 4.99 Å². The summed E-state index contributed by atoms with van der Waals surface area (Å²) in [7, 11) is 4.99. The van der Waals surface area contributed by atoms with Gasteiger partial charge in [0, 0.05) is 33.4 Å². The summed E-state index contributed by atoms with van der Waals surface area (Å²) >= 11 is 0. The highest BCUT2D eigenvalue weighted by molar-refractivity contribution is 5.79. The molecule has 0 unspecified atom stereocenters. The summed E-state index contributed by atoms with van der Waals surface area (Å²) < 4.78 is 15.6. The molecule has 2 N–H and O–H groups in total. The molecule has 0 spiro atoms. The zero-order valence-electron chi connectivity index (χ0n) is 14.6. The quantitative estimate of drug-likeness (QED) is 0.391. The third kappa shape index (κ3) is 7.23. The summed E-state index contributed by atoms with van der Waals surface area (Å²) in [6, 6.07) is 5.98. The van der Waals surface area contributed by atoms with E-state index >= 15 is 0 Å². The van der Waals surface area contributed by atoms with Gasteiger partial charge in [-0.25, -0.2) is 0 Å². The maximum Gasteiger partial charge on any atom is 0.191 e. The maximum absolute atomic E-state index is 5.33. The molecule has 130 valence electrons. The Balaban J connectivity index is 2.49. The van der Waals surface area contributed by atoms with E-state index in [-0.39, 0.29) is 0 Å². The molecule has 0 saturated heterocycles. The van der Waals surface area contributed by atoms with Crippen LogP contribution in [-0.4, -0.2) is 53.5 Å². The third-order valence-corrected chi connectivity index (χ3v) is 3.27. The second-order valence-corrected chi connectivity index (χ2v) is 4.97. The fraction of sp³-hybridized carbons (Fsp3) is 0.588. The molecule has 0 atom stereocenters. The topological polar surface area (TPSA) is 64.1 Å². The van der Waals surface area contributed by atoms with Gasteiger partial charge < -0.3 is 24.8 Å². The minimum atomic E-state index is 0.731. The molecule has 0 fully saturated rings. The average molecular weight is 323 g/mol. The molecule has 0 saturated carbocycles. The summed E-state index contributed by atoms with van der Waals surface area (Å²) in [4.78, 5) is 4.51. The Morgan fingerprint density at radius 1 is 1.09 bits per heavy atom. The van der Waals surface area contributed by atoms with Gasteiger partial charge in [0.2, 0.25) is 0 Å². The fourth-order valence-electron chi connectivity index (χ4n) is 2.10. The summed E-state index contributed by atoms with van der Waals surface area (Å²) in [5, 5.41) is 6.58. The molecular weight excluding hydrogens is 294 g/mol. The zero-order valence-corrected chi connectivity index (χ0v) is 14.6. The second-order valence-electron chi connectivity index (χ2n) is 4.97. The van der Waals surface area contributed by atoms with E-state index in [0.29, 0.717) is 0 Å². The number of nitrogens with zero attached hydrogens (tertiary/aromatic N) is 1. The molecule has 0 aromatic heterocycles. The van der Waals surface area contributed by atoms with Crippen molar-refractivity contribution in [3.05, 3.63) is 23.8 Å². The van der Waals surface area contributed by atoms with Gasteiger partial charge in [0.1, 0.15) is 0 Å². The van der Waals surface area contributed by atoms with E-state index in [2.05, 4.69) is 22.5 Å². The van der Waals surface area contributed by atoms with Crippen molar-refractivity contribution < 1.29 is 14.2 Å². The van der Waals surface area contributed by atoms with Crippen LogP contribution in [0.4, 0.5) is 0 Å². The molecule has 6 heteroatoms. The molecule has 0 amide bonds. The molecule has 1 rings (SSSR count). The SMILES string of the molecule is CCNC(=NCCCOC)NCCc1ccc(OC)c(OC)c1. The highest BCUT2D eigenvalue weighted by atomic mass is 16.5. The number of benzene rings is 1. The summed E-state index contributed by atoms with van der Waals surface area (Å²) in [6.45, 7) is 5.17. The van der Waals surface area contributed by atoms with Gasteiger partial charge >= 0.3 is 0 Å². The molecular formula is C17H29N3O3. The first-order valence-corrected chi connectivity index (χ1v) is 7.97. The second kappa shape index (κ2) is 11.6. The van der Waals surface area contributed by atoms with Gasteiger partial charge in [-0.05, 0) is 37.5 Å². The van der Waals surface area contributed by atoms with Crippen LogP contribution in [0.2, 0.25) is 0 Å². The predicted molar refractivity (Wildman–Crippen MR) is 93.7 cm³/mol. The van der Waals surface area contributed by atoms with Crippen LogP contribution in [0, 0.1) is 0 Å². The predicted octanol–water partition coefficient (Wildman–Crippen LogP) is 1.84. The number of methoxy groups -OCH3 is 3. The Labute approximate surface area is 139 Å². The molecule has 0 aliphatic heterocycles. The first kappa shape index (κ1) is 19.1. The van der Waals surface area contributed by atoms with Crippen molar-refractivity contribution in [1.29, 1.82) is 0 Å². The number of hydrogen-bond acceptors (Lipinski definition) is 4. The summed E-state index contributed by atoms with van der Waals surface area (Å²) in [5.41, 5.74) is 1.19. The number of ether oxygens (including phenoxy) is 3. The van der Waals surface area contributed by atoms with Crippen LogP contribution in [0.25, 0.3) is 0 Å². The Morgan fingerprint density at radius 3 is 2.52 bits per heavy atom. The normalized spacial score (nSPS) is 11.2. The Bertz CT molecular complexity index is 478. The number of rotatable bonds is 10. The van der Waals surface area contributed by atoms with Crippen LogP contribution in [-0.2, 0) is 11.2 Å². The van der Waals surface area contributed by atoms with Crippen LogP contribution >= 0.6 is 0 Å². The lowest BCUT2D eigenvalue weighted by Crippen LogP contribution is -2.38. The highest BCUT2D eigenvalue weighted by Crippen LogP contribution is 2.27. The molecule has 0 heterocycles. The van der Waals surface area contributed by atoms with E-state index in [1.54, 1.807) is 21.3 Å². The van der Waals surface area contributed by atoms with Gasteiger partial charge in [0.25, 0.3) is 0 Å². The minimum Gasteiger partial charge on any atom is -0.493 e. The Hall–Kier alpha value is -1.95. The van der Waals surface area contributed by atoms with E-state index in [0.717, 1.165) is 56.5 Å². The van der Waals surface area contributed by atoms with Crippen molar-refractivity contribution >= 4 is 5.96 Å². The van der Waals surface area contributed by atoms with Gasteiger partial charge in [-0.2, -0.15) is 0 Å². The Kier molecular flexibility index (Phi) is 9.63. The van der Waals surface area contributed by atoms with Crippen molar-refractivity contribution in [3.8, 4) is 11.5 Å². The van der Waals surface area contributed by atoms with Crippen molar-refractivity contribution in [2.45, 2.75) is 19.8 Å². The monoisotopic (exact) mass is 323 g/mol. The van der Waals surface area contributed by atoms with Crippen molar-refractivity contribution in [3.63, 3.8) is 0 Å². The number of nitrogens with one attached hydrogen (secondary N) is 2. The molecule has 23 heavy (non-hydrogen) atoms. The lowest BCUT2D eigenvalue weighted by Gasteiger charge is -2.12. The van der Waals surface area contributed by atoms with E-state index in [9.17, 15) is 0 Å². The zero-order chi connectivity index (χ0) is 16.9. The molecule has 6 nitrogen and oxygen atoms in total. The highest BCUT2D eigenvalue weighted by Gasteiger charge is 2.04. The minimum absolute atomic E-state index is 0.731. The van der Waals surface area contributed by atoms with Crippen LogP contribution in [0.1, 0.15) is 18.9 Å². The van der Waals surface area contributed by atoms with Gasteiger partial charge in [-0.1, -0.05) is 6.07 Å². The smallest absolute Gasteiger partial charge is 0.191 e. The van der Waals surface area contributed by atoms with E-state index in [4.69, 9.17) is 14.2 Å². The van der Waals surface area contributed by atoms with Crippen molar-refractivity contribution in [2.75, 3.05) is 47.6 Å². The third-order valence-electron chi connectivity index (χ3n) is 3.27. The lowest BCUT2D eigenvalue weighted by molar-refractivity contribution is 0.197. The average Bonchev–Trinajstić information content (AvgIpc) is 2.58. The molecule has 0 bridgehead atoms. The summed E-state index contributed by atoms with van der Waals surface area (Å²) in [6.07, 6.45) is 1.80. The molecule has 1 aromatic rings. The van der Waals surface area contributed by atoms with Crippen molar-refractivity contribution in [2.24, 2.45) is 4.99 Å². The van der Waals surface area contributed by atoms with Gasteiger partial charge in [0.05, 0.1) is 14.2 Å². The first-order chi connectivity index (χ1) is 11.2. The molecule has 0 radical (unpaired) electrons. The largest absolute Gasteiger partial charge is 0.493 e. The Morgan fingerprint density at radius 2 is 1.87 bits per heavy atom. The van der Waals surface area contributed by atoms with E-state index in [1.807, 2.05) is 18.2 Å². The molecule has 0 aliphatic carbocycles. The van der Waals surface area contributed by atoms with Gasteiger partial charge in [0.15, 0.2) is 17.5 Å². The van der Waals surface area contributed by atoms with Gasteiger partial charge in [-0.15, -0.1) is 0 Å². The molecule has 1 aromatic carbocycles. The lowest BCUT2D eigenvalue weighted by atomic mass is 10.1. The van der Waals surface area contributed by atoms with Crippen molar-refractivity contribution in [1.82, 2.24) is 10.6 Å². The van der Waals surface area contributed by atoms with E-state index in [1.165, 1.54) is 5.56 Å². The number of guanidine groups is 1. The summed E-state index contributed by atoms with van der Waals surface area (Å²) in [5.74, 6) is 2.34. The standard InChI is InChI=1S/C17H29N3O3/c1-5-18-17(19-10-6-12-21-2)20-11-9-14-7-8-15(22-3)16(13-14)23-4/h7-8,13H,5-6,9-12H2,1-4H3,(H2,18,19,20). The maximum atomic E-state index is 5.33. The van der Waals surface area contributed by atoms with Crippen LogP contribution < -0.4 is 20.1 Å². The van der Waals surface area contributed by atoms with Crippen LogP contribution in [0.5, 0.6) is 11.5 Å². The molecule has 0 aliphatic rings. The van der Waals surface area contributed by atoms with Crippen LogP contribution in [0.3, 0.4) is 0 Å².